The number of aromatic nitrogens is 3. The van der Waals surface area contributed by atoms with Crippen LogP contribution in [0.25, 0.3) is 17.0 Å². The summed E-state index contributed by atoms with van der Waals surface area (Å²) in [6, 6.07) is 14.5. The molecule has 5 aromatic rings. The maximum Gasteiger partial charge on any atom is 0.265 e. The summed E-state index contributed by atoms with van der Waals surface area (Å²) in [7, 11) is 0. The van der Waals surface area contributed by atoms with Gasteiger partial charge < -0.3 is 16.4 Å². The van der Waals surface area contributed by atoms with Gasteiger partial charge in [-0.15, -0.1) is 22.7 Å². The van der Waals surface area contributed by atoms with Crippen molar-refractivity contribution in [3.05, 3.63) is 75.7 Å². The maximum atomic E-state index is 12.6. The van der Waals surface area contributed by atoms with Crippen LogP contribution < -0.4 is 16.4 Å². The van der Waals surface area contributed by atoms with E-state index in [2.05, 4.69) is 15.6 Å². The van der Waals surface area contributed by atoms with E-state index in [1.807, 2.05) is 53.2 Å². The molecular weight excluding hydrogens is 464 g/mol. The molecule has 0 saturated heterocycles. The number of aryl methyl sites for hydroxylation is 1. The smallest absolute Gasteiger partial charge is 0.265 e. The first-order chi connectivity index (χ1) is 15.5. The van der Waals surface area contributed by atoms with Gasteiger partial charge in [-0.1, -0.05) is 23.7 Å². The van der Waals surface area contributed by atoms with Crippen LogP contribution in [0.4, 0.5) is 21.5 Å². The molecule has 0 bridgehead atoms. The predicted molar refractivity (Wildman–Crippen MR) is 132 cm³/mol. The van der Waals surface area contributed by atoms with Gasteiger partial charge in [0.05, 0.1) is 37.7 Å². The first kappa shape index (κ1) is 20.5. The number of pyridine rings is 1. The number of nitrogens with zero attached hydrogens (tertiary/aromatic N) is 3. The second-order valence-corrected chi connectivity index (χ2v) is 9.31. The van der Waals surface area contributed by atoms with Gasteiger partial charge in [-0.25, -0.2) is 9.97 Å². The number of carbonyl (C=O) groups excluding carboxylic acids is 1. The molecule has 0 spiro atoms. The van der Waals surface area contributed by atoms with Crippen LogP contribution >= 0.6 is 34.3 Å². The predicted octanol–water partition coefficient (Wildman–Crippen LogP) is 6.06. The van der Waals surface area contributed by atoms with Gasteiger partial charge in [-0.2, -0.15) is 0 Å². The van der Waals surface area contributed by atoms with Crippen LogP contribution in [0, 0.1) is 6.92 Å². The third-order valence-corrected chi connectivity index (χ3v) is 6.84. The number of fused-ring (bicyclic) bond motifs is 1. The fraction of sp³-hybridized carbons (Fsp3) is 0.0455. The van der Waals surface area contributed by atoms with E-state index in [0.717, 1.165) is 27.2 Å². The Morgan fingerprint density at radius 3 is 2.81 bits per heavy atom. The summed E-state index contributed by atoms with van der Waals surface area (Å²) < 4.78 is 1.94. The number of halogens is 1. The number of imidazole rings is 1. The minimum Gasteiger partial charge on any atom is -0.397 e. The molecule has 5 rings (SSSR count). The lowest BCUT2D eigenvalue weighted by Crippen LogP contribution is -2.11. The molecule has 10 heteroatoms. The van der Waals surface area contributed by atoms with Crippen molar-refractivity contribution in [3.63, 3.8) is 0 Å². The number of thiazole rings is 1. The molecule has 1 amide bonds. The van der Waals surface area contributed by atoms with Crippen molar-refractivity contribution in [2.75, 3.05) is 16.4 Å². The molecule has 0 radical (unpaired) electrons. The normalized spacial score (nSPS) is 11.1. The van der Waals surface area contributed by atoms with Gasteiger partial charge in [-0.3, -0.25) is 9.20 Å². The van der Waals surface area contributed by atoms with Crippen molar-refractivity contribution >= 4 is 67.3 Å². The Labute approximate surface area is 196 Å². The number of amides is 1. The van der Waals surface area contributed by atoms with Crippen LogP contribution in [0.2, 0.25) is 5.02 Å². The SMILES string of the molecule is Cc1nc2c(Cl)cccn2c1-c1csc(Nc2ccc(C(=O)Nc3ccccc3N)s2)n1. The zero-order valence-electron chi connectivity index (χ0n) is 16.8. The highest BCUT2D eigenvalue weighted by Crippen LogP contribution is 2.33. The van der Waals surface area contributed by atoms with Crippen LogP contribution in [0.5, 0.6) is 0 Å². The minimum absolute atomic E-state index is 0.209. The van der Waals surface area contributed by atoms with Crippen molar-refractivity contribution < 1.29 is 4.79 Å². The number of nitrogens with one attached hydrogen (secondary N) is 2. The average molecular weight is 481 g/mol. The zero-order valence-corrected chi connectivity index (χ0v) is 19.2. The summed E-state index contributed by atoms with van der Waals surface area (Å²) in [5.41, 5.74) is 10.3. The second-order valence-electron chi connectivity index (χ2n) is 6.96. The molecule has 1 aromatic carbocycles. The Morgan fingerprint density at radius 1 is 1.12 bits per heavy atom. The van der Waals surface area contributed by atoms with Crippen molar-refractivity contribution in [2.24, 2.45) is 0 Å². The van der Waals surface area contributed by atoms with Crippen LogP contribution in [0.1, 0.15) is 15.4 Å². The topological polar surface area (TPSA) is 97.3 Å². The summed E-state index contributed by atoms with van der Waals surface area (Å²) in [6.45, 7) is 1.94. The van der Waals surface area contributed by atoms with E-state index in [1.54, 1.807) is 18.2 Å². The molecule has 0 saturated carbocycles. The molecule has 4 N–H and O–H groups in total. The molecule has 0 fully saturated rings. The van der Waals surface area contributed by atoms with E-state index in [4.69, 9.17) is 22.3 Å². The third kappa shape index (κ3) is 3.81. The Balaban J connectivity index is 1.35. The lowest BCUT2D eigenvalue weighted by molar-refractivity contribution is 0.103. The molecule has 0 unspecified atom stereocenters. The minimum atomic E-state index is -0.209. The largest absolute Gasteiger partial charge is 0.397 e. The van der Waals surface area contributed by atoms with E-state index < -0.39 is 0 Å². The number of carbonyl (C=O) groups is 1. The van der Waals surface area contributed by atoms with Crippen molar-refractivity contribution in [3.8, 4) is 11.4 Å². The van der Waals surface area contributed by atoms with Crippen LogP contribution in [-0.2, 0) is 0 Å². The summed E-state index contributed by atoms with van der Waals surface area (Å²) in [4.78, 5) is 22.4. The number of anilines is 4. The third-order valence-electron chi connectivity index (χ3n) is 4.79. The van der Waals surface area contributed by atoms with Crippen molar-refractivity contribution in [1.29, 1.82) is 0 Å². The monoisotopic (exact) mass is 480 g/mol. The maximum absolute atomic E-state index is 12.6. The lowest BCUT2D eigenvalue weighted by Gasteiger charge is -2.06. The fourth-order valence-corrected chi connectivity index (χ4v) is 5.10. The van der Waals surface area contributed by atoms with E-state index >= 15 is 0 Å². The molecule has 0 aliphatic heterocycles. The van der Waals surface area contributed by atoms with Gasteiger partial charge in [0, 0.05) is 11.6 Å². The van der Waals surface area contributed by atoms with E-state index in [-0.39, 0.29) is 5.91 Å². The van der Waals surface area contributed by atoms with Crippen LogP contribution in [0.15, 0.2) is 60.1 Å². The van der Waals surface area contributed by atoms with Gasteiger partial charge >= 0.3 is 0 Å². The van der Waals surface area contributed by atoms with Crippen molar-refractivity contribution in [1.82, 2.24) is 14.4 Å². The molecule has 0 atom stereocenters. The molecular formula is C22H17ClN6OS2. The van der Waals surface area contributed by atoms with Gasteiger partial charge in [0.1, 0.15) is 5.69 Å². The fourth-order valence-electron chi connectivity index (χ4n) is 3.32. The number of nitrogen functional groups attached to an aromatic ring is 1. The lowest BCUT2D eigenvalue weighted by atomic mass is 10.2. The quantitative estimate of drug-likeness (QED) is 0.266. The zero-order chi connectivity index (χ0) is 22.2. The van der Waals surface area contributed by atoms with Crippen LogP contribution in [0.3, 0.4) is 0 Å². The average Bonchev–Trinajstić information content (AvgIpc) is 3.49. The first-order valence-corrected chi connectivity index (χ1v) is 11.7. The molecule has 160 valence electrons. The van der Waals surface area contributed by atoms with Crippen LogP contribution in [-0.4, -0.2) is 20.3 Å². The first-order valence-electron chi connectivity index (χ1n) is 9.61. The molecule has 4 aromatic heterocycles. The Morgan fingerprint density at radius 2 is 1.97 bits per heavy atom. The number of rotatable bonds is 5. The number of hydrogen-bond donors (Lipinski definition) is 3. The Bertz CT molecular complexity index is 1450. The Hall–Kier alpha value is -3.40. The number of thiophene rings is 1. The van der Waals surface area contributed by atoms with E-state index in [0.29, 0.717) is 26.9 Å². The number of hydrogen-bond acceptors (Lipinski definition) is 7. The van der Waals surface area contributed by atoms with Gasteiger partial charge in [0.15, 0.2) is 10.8 Å². The summed E-state index contributed by atoms with van der Waals surface area (Å²) in [6.07, 6.45) is 1.92. The highest BCUT2D eigenvalue weighted by Gasteiger charge is 2.16. The molecule has 4 heterocycles. The highest BCUT2D eigenvalue weighted by atomic mass is 35.5. The van der Waals surface area contributed by atoms with E-state index in [1.165, 1.54) is 22.7 Å². The molecule has 32 heavy (non-hydrogen) atoms. The van der Waals surface area contributed by atoms with E-state index in [9.17, 15) is 4.79 Å². The number of para-hydroxylation sites is 2. The van der Waals surface area contributed by atoms with Gasteiger partial charge in [0.25, 0.3) is 5.91 Å². The molecule has 0 aliphatic carbocycles. The number of nitrogens with two attached hydrogens (primary N) is 1. The molecule has 7 nitrogen and oxygen atoms in total. The molecule has 0 aliphatic rings. The van der Waals surface area contributed by atoms with Crippen molar-refractivity contribution in [2.45, 2.75) is 6.92 Å². The summed E-state index contributed by atoms with van der Waals surface area (Å²) in [5.74, 6) is -0.209. The summed E-state index contributed by atoms with van der Waals surface area (Å²) >= 11 is 9.10. The number of benzene rings is 1. The summed E-state index contributed by atoms with van der Waals surface area (Å²) in [5, 5.41) is 10.2. The standard InChI is InChI=1S/C22H17ClN6OS2/c1-12-19(29-10-4-5-13(23)20(29)25-12)16-11-31-22(27-16)28-18-9-8-17(32-18)21(30)26-15-7-3-2-6-14(15)24/h2-11H,24H2,1H3,(H,26,30)(H,27,28). The van der Waals surface area contributed by atoms with Gasteiger partial charge in [0.2, 0.25) is 0 Å². The highest BCUT2D eigenvalue weighted by molar-refractivity contribution is 7.19. The van der Waals surface area contributed by atoms with Gasteiger partial charge in [-0.05, 0) is 43.3 Å². The Kier molecular flexibility index (Phi) is 5.30. The second kappa shape index (κ2) is 8.27.